The molecule has 0 aliphatic heterocycles. The lowest BCUT2D eigenvalue weighted by Crippen LogP contribution is -2.41. The van der Waals surface area contributed by atoms with Crippen LogP contribution in [0, 0.1) is 5.92 Å². The Morgan fingerprint density at radius 1 is 1.44 bits per heavy atom. The summed E-state index contributed by atoms with van der Waals surface area (Å²) in [5.41, 5.74) is -0.941. The van der Waals surface area contributed by atoms with Crippen molar-refractivity contribution in [2.75, 3.05) is 25.2 Å². The zero-order valence-corrected chi connectivity index (χ0v) is 11.6. The second-order valence-corrected chi connectivity index (χ2v) is 6.55. The molecular weight excluding hydrogens is 256 g/mol. The Bertz CT molecular complexity index is 297. The predicted octanol–water partition coefficient (Wildman–Crippen LogP) is 0.777. The first-order valence-electron chi connectivity index (χ1n) is 6.26. The summed E-state index contributed by atoms with van der Waals surface area (Å²) in [7, 11) is 0.543. The minimum atomic E-state index is -1.06. The lowest BCUT2D eigenvalue weighted by molar-refractivity contribution is -0.144. The Morgan fingerprint density at radius 3 is 2.56 bits per heavy atom. The van der Waals surface area contributed by atoms with E-state index in [4.69, 9.17) is 9.84 Å². The largest absolute Gasteiger partial charge is 0.481 e. The van der Waals surface area contributed by atoms with Gasteiger partial charge in [-0.05, 0) is 32.1 Å². The summed E-state index contributed by atoms with van der Waals surface area (Å²) >= 11 is 0. The average Bonchev–Trinajstić information content (AvgIpc) is 2.29. The third-order valence-corrected chi connectivity index (χ3v) is 5.02. The molecule has 1 rings (SSSR count). The van der Waals surface area contributed by atoms with Crippen LogP contribution in [0.5, 0.6) is 0 Å². The van der Waals surface area contributed by atoms with Gasteiger partial charge in [-0.3, -0.25) is 9.00 Å². The van der Waals surface area contributed by atoms with E-state index in [0.29, 0.717) is 38.0 Å². The second-order valence-electron chi connectivity index (χ2n) is 4.97. The molecule has 0 aromatic heterocycles. The molecule has 1 fully saturated rings. The summed E-state index contributed by atoms with van der Waals surface area (Å²) in [4.78, 5) is 10.8. The summed E-state index contributed by atoms with van der Waals surface area (Å²) in [5.74, 6) is -0.368. The first kappa shape index (κ1) is 15.6. The normalized spacial score (nSPS) is 30.0. The molecule has 0 bridgehead atoms. The van der Waals surface area contributed by atoms with Gasteiger partial charge in [-0.1, -0.05) is 0 Å². The number of hydrogen-bond donors (Lipinski definition) is 2. The summed E-state index contributed by atoms with van der Waals surface area (Å²) in [6.07, 6.45) is 2.53. The van der Waals surface area contributed by atoms with Crippen molar-refractivity contribution in [2.45, 2.75) is 37.7 Å². The molecule has 5 nitrogen and oxygen atoms in total. The SMILES string of the molecule is COCCCS(=O)CC1(O)CCC(C(=O)O)CC1. The van der Waals surface area contributed by atoms with Gasteiger partial charge in [0.2, 0.25) is 0 Å². The molecule has 6 heteroatoms. The van der Waals surface area contributed by atoms with Crippen LogP contribution in [0.4, 0.5) is 0 Å². The number of hydrogen-bond acceptors (Lipinski definition) is 4. The minimum absolute atomic E-state index is 0.253. The van der Waals surface area contributed by atoms with Gasteiger partial charge < -0.3 is 14.9 Å². The maximum absolute atomic E-state index is 11.8. The molecule has 1 saturated carbocycles. The fraction of sp³-hybridized carbons (Fsp3) is 0.917. The topological polar surface area (TPSA) is 83.8 Å². The van der Waals surface area contributed by atoms with Gasteiger partial charge in [0.1, 0.15) is 0 Å². The molecule has 0 spiro atoms. The molecule has 0 radical (unpaired) electrons. The van der Waals surface area contributed by atoms with E-state index in [9.17, 15) is 14.1 Å². The number of carboxylic acids is 1. The average molecular weight is 278 g/mol. The van der Waals surface area contributed by atoms with Gasteiger partial charge in [-0.15, -0.1) is 0 Å². The Labute approximate surface area is 110 Å². The molecule has 0 aromatic carbocycles. The van der Waals surface area contributed by atoms with Gasteiger partial charge in [0, 0.05) is 30.3 Å². The molecule has 0 amide bonds. The molecule has 1 unspecified atom stereocenters. The van der Waals surface area contributed by atoms with E-state index in [2.05, 4.69) is 0 Å². The lowest BCUT2D eigenvalue weighted by atomic mass is 9.80. The maximum Gasteiger partial charge on any atom is 0.306 e. The summed E-state index contributed by atoms with van der Waals surface area (Å²) in [6, 6.07) is 0. The second kappa shape index (κ2) is 7.21. The first-order chi connectivity index (χ1) is 8.47. The van der Waals surface area contributed by atoms with Crippen LogP contribution in [-0.2, 0) is 20.3 Å². The van der Waals surface area contributed by atoms with Crippen molar-refractivity contribution in [3.8, 4) is 0 Å². The maximum atomic E-state index is 11.8. The van der Waals surface area contributed by atoms with Crippen molar-refractivity contribution >= 4 is 16.8 Å². The van der Waals surface area contributed by atoms with Crippen LogP contribution < -0.4 is 0 Å². The highest BCUT2D eigenvalue weighted by atomic mass is 32.2. The molecule has 1 aliphatic rings. The number of carboxylic acid groups (broad SMARTS) is 1. The standard InChI is InChI=1S/C12H22O5S/c1-17-7-2-8-18(16)9-12(15)5-3-10(4-6-12)11(13)14/h10,15H,2-9H2,1H3,(H,13,14). The third-order valence-electron chi connectivity index (χ3n) is 3.42. The van der Waals surface area contributed by atoms with E-state index in [1.54, 1.807) is 7.11 Å². The van der Waals surface area contributed by atoms with Crippen LogP contribution in [-0.4, -0.2) is 51.2 Å². The van der Waals surface area contributed by atoms with E-state index in [1.165, 1.54) is 0 Å². The molecule has 2 N–H and O–H groups in total. The Morgan fingerprint density at radius 2 is 2.06 bits per heavy atom. The number of methoxy groups -OCH3 is 1. The first-order valence-corrected chi connectivity index (χ1v) is 7.75. The zero-order valence-electron chi connectivity index (χ0n) is 10.8. The predicted molar refractivity (Wildman–Crippen MR) is 68.9 cm³/mol. The lowest BCUT2D eigenvalue weighted by Gasteiger charge is -2.34. The molecule has 18 heavy (non-hydrogen) atoms. The fourth-order valence-corrected chi connectivity index (χ4v) is 3.75. The number of aliphatic carboxylic acids is 1. The van der Waals surface area contributed by atoms with E-state index in [-0.39, 0.29) is 11.7 Å². The van der Waals surface area contributed by atoms with Crippen molar-refractivity contribution < 1.29 is 24.0 Å². The monoisotopic (exact) mass is 278 g/mol. The minimum Gasteiger partial charge on any atom is -0.481 e. The molecule has 1 aliphatic carbocycles. The van der Waals surface area contributed by atoms with Crippen LogP contribution in [0.25, 0.3) is 0 Å². The van der Waals surface area contributed by atoms with Crippen LogP contribution in [0.15, 0.2) is 0 Å². The highest BCUT2D eigenvalue weighted by molar-refractivity contribution is 7.85. The summed E-state index contributed by atoms with van der Waals surface area (Å²) < 4.78 is 16.7. The number of rotatable bonds is 7. The van der Waals surface area contributed by atoms with Crippen molar-refractivity contribution in [1.82, 2.24) is 0 Å². The number of carbonyl (C=O) groups is 1. The van der Waals surface area contributed by atoms with E-state index >= 15 is 0 Å². The van der Waals surface area contributed by atoms with Crippen LogP contribution in [0.3, 0.4) is 0 Å². The van der Waals surface area contributed by atoms with E-state index in [1.807, 2.05) is 0 Å². The van der Waals surface area contributed by atoms with Gasteiger partial charge in [-0.2, -0.15) is 0 Å². The Balaban J connectivity index is 2.33. The van der Waals surface area contributed by atoms with Crippen molar-refractivity contribution in [1.29, 1.82) is 0 Å². The molecule has 0 aromatic rings. The van der Waals surface area contributed by atoms with Crippen LogP contribution >= 0.6 is 0 Å². The quantitative estimate of drug-likeness (QED) is 0.672. The van der Waals surface area contributed by atoms with Gasteiger partial charge in [0.15, 0.2) is 0 Å². The van der Waals surface area contributed by atoms with Gasteiger partial charge in [-0.25, -0.2) is 0 Å². The summed E-state index contributed by atoms with van der Waals surface area (Å²) in [5, 5.41) is 19.2. The molecule has 0 heterocycles. The van der Waals surface area contributed by atoms with Crippen molar-refractivity contribution in [3.05, 3.63) is 0 Å². The van der Waals surface area contributed by atoms with Crippen LogP contribution in [0.2, 0.25) is 0 Å². The van der Waals surface area contributed by atoms with E-state index < -0.39 is 22.4 Å². The zero-order chi connectivity index (χ0) is 13.6. The highest BCUT2D eigenvalue weighted by Gasteiger charge is 2.36. The molecule has 106 valence electrons. The van der Waals surface area contributed by atoms with Crippen molar-refractivity contribution in [3.63, 3.8) is 0 Å². The van der Waals surface area contributed by atoms with Gasteiger partial charge in [0.25, 0.3) is 0 Å². The molecular formula is C12H22O5S. The fourth-order valence-electron chi connectivity index (χ4n) is 2.28. The Kier molecular flexibility index (Phi) is 6.25. The van der Waals surface area contributed by atoms with Crippen molar-refractivity contribution in [2.24, 2.45) is 5.92 Å². The van der Waals surface area contributed by atoms with Gasteiger partial charge in [0.05, 0.1) is 17.3 Å². The third kappa shape index (κ3) is 5.04. The Hall–Kier alpha value is -0.460. The molecule has 0 saturated heterocycles. The smallest absolute Gasteiger partial charge is 0.306 e. The number of ether oxygens (including phenoxy) is 1. The highest BCUT2D eigenvalue weighted by Crippen LogP contribution is 2.32. The molecule has 1 atom stereocenters. The van der Waals surface area contributed by atoms with E-state index in [0.717, 1.165) is 6.42 Å². The summed E-state index contributed by atoms with van der Waals surface area (Å²) in [6.45, 7) is 0.575. The van der Waals surface area contributed by atoms with Crippen LogP contribution in [0.1, 0.15) is 32.1 Å². The van der Waals surface area contributed by atoms with Gasteiger partial charge >= 0.3 is 5.97 Å². The number of aliphatic hydroxyl groups is 1.